The van der Waals surface area contributed by atoms with E-state index in [1.807, 2.05) is 0 Å². The molecule has 0 saturated carbocycles. The summed E-state index contributed by atoms with van der Waals surface area (Å²) in [5.41, 5.74) is -0.857. The third-order valence-corrected chi connectivity index (χ3v) is 4.16. The fourth-order valence-corrected chi connectivity index (χ4v) is 2.60. The molecule has 1 heterocycles. The maximum absolute atomic E-state index is 12.6. The second-order valence-corrected chi connectivity index (χ2v) is 6.40. The summed E-state index contributed by atoms with van der Waals surface area (Å²) >= 11 is 1.24. The third-order valence-electron chi connectivity index (χ3n) is 3.29. The van der Waals surface area contributed by atoms with Crippen molar-refractivity contribution in [3.63, 3.8) is 0 Å². The zero-order valence-corrected chi connectivity index (χ0v) is 14.8. The number of nitrogens with one attached hydrogen (secondary N) is 2. The van der Waals surface area contributed by atoms with Crippen molar-refractivity contribution < 1.29 is 32.6 Å². The van der Waals surface area contributed by atoms with E-state index in [1.54, 1.807) is 17.5 Å². The molecule has 0 spiro atoms. The molecule has 0 radical (unpaired) electrons. The van der Waals surface area contributed by atoms with Gasteiger partial charge in [-0.05, 0) is 29.6 Å². The van der Waals surface area contributed by atoms with Crippen LogP contribution in [-0.4, -0.2) is 42.7 Å². The molecule has 6 nitrogen and oxygen atoms in total. The van der Waals surface area contributed by atoms with Crippen molar-refractivity contribution in [1.82, 2.24) is 10.6 Å². The van der Waals surface area contributed by atoms with E-state index in [1.165, 1.54) is 23.5 Å². The first-order valence-corrected chi connectivity index (χ1v) is 8.70. The highest BCUT2D eigenvalue weighted by molar-refractivity contribution is 7.12. The second-order valence-electron chi connectivity index (χ2n) is 5.45. The summed E-state index contributed by atoms with van der Waals surface area (Å²) < 4.78 is 43.0. The van der Waals surface area contributed by atoms with Gasteiger partial charge in [0.2, 0.25) is 5.91 Å². The predicted molar refractivity (Wildman–Crippen MR) is 92.6 cm³/mol. The van der Waals surface area contributed by atoms with Crippen LogP contribution in [0.15, 0.2) is 41.8 Å². The number of hydrogen-bond acceptors (Lipinski definition) is 5. The summed E-state index contributed by atoms with van der Waals surface area (Å²) in [5, 5.41) is 16.3. The lowest BCUT2D eigenvalue weighted by Crippen LogP contribution is -2.41. The van der Waals surface area contributed by atoms with Crippen molar-refractivity contribution in [3.8, 4) is 5.75 Å². The lowest BCUT2D eigenvalue weighted by atomic mass is 10.2. The van der Waals surface area contributed by atoms with Crippen LogP contribution in [-0.2, 0) is 11.0 Å². The number of alkyl halides is 3. The van der Waals surface area contributed by atoms with Gasteiger partial charge in [0.15, 0.2) is 0 Å². The molecule has 0 aliphatic rings. The van der Waals surface area contributed by atoms with E-state index >= 15 is 0 Å². The quantitative estimate of drug-likeness (QED) is 0.631. The molecule has 0 fully saturated rings. The Morgan fingerprint density at radius 3 is 2.63 bits per heavy atom. The average molecular weight is 402 g/mol. The topological polar surface area (TPSA) is 87.7 Å². The van der Waals surface area contributed by atoms with E-state index < -0.39 is 23.8 Å². The molecule has 2 amide bonds. The molecule has 0 saturated heterocycles. The minimum atomic E-state index is -4.49. The molecule has 10 heteroatoms. The van der Waals surface area contributed by atoms with Crippen LogP contribution in [0.1, 0.15) is 15.2 Å². The predicted octanol–water partition coefficient (Wildman–Crippen LogP) is 2.05. The van der Waals surface area contributed by atoms with Gasteiger partial charge >= 0.3 is 6.18 Å². The van der Waals surface area contributed by atoms with Crippen molar-refractivity contribution in [2.75, 3.05) is 19.7 Å². The smallest absolute Gasteiger partial charge is 0.416 e. The number of rotatable bonds is 8. The van der Waals surface area contributed by atoms with Gasteiger partial charge in [0.1, 0.15) is 18.5 Å². The highest BCUT2D eigenvalue weighted by Gasteiger charge is 2.30. The molecule has 2 rings (SSSR count). The summed E-state index contributed by atoms with van der Waals surface area (Å²) in [7, 11) is 0. The monoisotopic (exact) mass is 402 g/mol. The summed E-state index contributed by atoms with van der Waals surface area (Å²) in [4.78, 5) is 23.8. The molecule has 3 N–H and O–H groups in total. The van der Waals surface area contributed by atoms with Crippen molar-refractivity contribution in [1.29, 1.82) is 0 Å². The standard InChI is InChI=1S/C17H17F3N2O4S/c18-17(19,20)11-3-1-4-13(7-11)26-10-12(23)8-21-15(24)9-22-16(25)14-5-2-6-27-14/h1-7,12,23H,8-10H2,(H,21,24)(H,22,25). The van der Waals surface area contributed by atoms with Gasteiger partial charge in [-0.25, -0.2) is 0 Å². The number of hydrogen-bond donors (Lipinski definition) is 3. The van der Waals surface area contributed by atoms with Gasteiger partial charge in [-0.15, -0.1) is 11.3 Å². The zero-order valence-electron chi connectivity index (χ0n) is 14.0. The fraction of sp³-hybridized carbons (Fsp3) is 0.294. The van der Waals surface area contributed by atoms with Crippen LogP contribution in [0.25, 0.3) is 0 Å². The van der Waals surface area contributed by atoms with Gasteiger partial charge < -0.3 is 20.5 Å². The summed E-state index contributed by atoms with van der Waals surface area (Å²) in [6.07, 6.45) is -5.61. The van der Waals surface area contributed by atoms with Crippen LogP contribution < -0.4 is 15.4 Å². The lowest BCUT2D eigenvalue weighted by molar-refractivity contribution is -0.137. The normalized spacial score (nSPS) is 12.3. The molecule has 0 bridgehead atoms. The van der Waals surface area contributed by atoms with Gasteiger partial charge in [-0.2, -0.15) is 13.2 Å². The van der Waals surface area contributed by atoms with Gasteiger partial charge in [0.05, 0.1) is 17.0 Å². The van der Waals surface area contributed by atoms with Crippen LogP contribution in [0.5, 0.6) is 5.75 Å². The van der Waals surface area contributed by atoms with Crippen molar-refractivity contribution in [2.24, 2.45) is 0 Å². The maximum Gasteiger partial charge on any atom is 0.416 e. The van der Waals surface area contributed by atoms with E-state index in [2.05, 4.69) is 10.6 Å². The summed E-state index contributed by atoms with van der Waals surface area (Å²) in [6, 6.07) is 7.59. The Labute approximate surface area is 157 Å². The molecule has 27 heavy (non-hydrogen) atoms. The van der Waals surface area contributed by atoms with Gasteiger partial charge in [0.25, 0.3) is 5.91 Å². The molecular weight excluding hydrogens is 385 g/mol. The Bertz CT molecular complexity index is 766. The van der Waals surface area contributed by atoms with E-state index in [9.17, 15) is 27.9 Å². The number of halogens is 3. The van der Waals surface area contributed by atoms with Gasteiger partial charge in [-0.1, -0.05) is 12.1 Å². The van der Waals surface area contributed by atoms with E-state index in [-0.39, 0.29) is 31.4 Å². The fourth-order valence-electron chi connectivity index (χ4n) is 1.96. The van der Waals surface area contributed by atoms with Crippen LogP contribution in [0.2, 0.25) is 0 Å². The van der Waals surface area contributed by atoms with Crippen LogP contribution >= 0.6 is 11.3 Å². The van der Waals surface area contributed by atoms with Crippen molar-refractivity contribution in [2.45, 2.75) is 12.3 Å². The number of aliphatic hydroxyl groups excluding tert-OH is 1. The molecule has 1 aromatic heterocycles. The molecule has 146 valence electrons. The largest absolute Gasteiger partial charge is 0.491 e. The first-order valence-electron chi connectivity index (χ1n) is 7.82. The lowest BCUT2D eigenvalue weighted by Gasteiger charge is -2.14. The number of ether oxygens (including phenoxy) is 1. The molecule has 0 aliphatic heterocycles. The number of carbonyl (C=O) groups excluding carboxylic acids is 2. The molecule has 0 aliphatic carbocycles. The first-order chi connectivity index (χ1) is 12.8. The van der Waals surface area contributed by atoms with Crippen molar-refractivity contribution in [3.05, 3.63) is 52.2 Å². The molecule has 1 atom stereocenters. The Morgan fingerprint density at radius 2 is 1.96 bits per heavy atom. The zero-order chi connectivity index (χ0) is 19.9. The SMILES string of the molecule is O=C(CNC(=O)c1cccs1)NCC(O)COc1cccc(C(F)(F)F)c1. The number of carbonyl (C=O) groups is 2. The summed E-state index contributed by atoms with van der Waals surface area (Å²) in [5.74, 6) is -0.940. The summed E-state index contributed by atoms with van der Waals surface area (Å²) in [6.45, 7) is -0.742. The number of aliphatic hydroxyl groups is 1. The Balaban J connectivity index is 1.69. The Kier molecular flexibility index (Phi) is 7.19. The maximum atomic E-state index is 12.6. The minimum Gasteiger partial charge on any atom is -0.491 e. The van der Waals surface area contributed by atoms with E-state index in [0.29, 0.717) is 4.88 Å². The molecule has 2 aromatic rings. The van der Waals surface area contributed by atoms with E-state index in [4.69, 9.17) is 4.74 Å². The van der Waals surface area contributed by atoms with Crippen LogP contribution in [0.4, 0.5) is 13.2 Å². The first kappa shape index (κ1) is 20.7. The number of benzene rings is 1. The van der Waals surface area contributed by atoms with Crippen LogP contribution in [0, 0.1) is 0 Å². The molecule has 1 unspecified atom stereocenters. The minimum absolute atomic E-state index is 0.0431. The second kappa shape index (κ2) is 9.38. The highest BCUT2D eigenvalue weighted by Crippen LogP contribution is 2.31. The van der Waals surface area contributed by atoms with Crippen LogP contribution in [0.3, 0.4) is 0 Å². The number of thiophene rings is 1. The Hall–Kier alpha value is -2.59. The molecular formula is C17H17F3N2O4S. The molecule has 1 aromatic carbocycles. The average Bonchev–Trinajstić information content (AvgIpc) is 3.17. The van der Waals surface area contributed by atoms with Crippen molar-refractivity contribution >= 4 is 23.2 Å². The van der Waals surface area contributed by atoms with E-state index in [0.717, 1.165) is 12.1 Å². The Morgan fingerprint density at radius 1 is 1.19 bits per heavy atom. The third kappa shape index (κ3) is 6.91. The van der Waals surface area contributed by atoms with Gasteiger partial charge in [-0.3, -0.25) is 9.59 Å². The van der Waals surface area contributed by atoms with Gasteiger partial charge in [0, 0.05) is 6.54 Å². The number of amides is 2. The highest BCUT2D eigenvalue weighted by atomic mass is 32.1.